The summed E-state index contributed by atoms with van der Waals surface area (Å²) in [5.41, 5.74) is 2.99. The van der Waals surface area contributed by atoms with Crippen molar-refractivity contribution in [3.05, 3.63) is 35.9 Å². The van der Waals surface area contributed by atoms with Crippen molar-refractivity contribution in [1.82, 2.24) is 9.97 Å². The van der Waals surface area contributed by atoms with Crippen LogP contribution in [0.1, 0.15) is 31.0 Å². The molecule has 2 aromatic heterocycles. The quantitative estimate of drug-likeness (QED) is 0.833. The van der Waals surface area contributed by atoms with E-state index in [2.05, 4.69) is 37.9 Å². The lowest BCUT2D eigenvalue weighted by Gasteiger charge is -2.09. The Bertz CT molecular complexity index is 601. The van der Waals surface area contributed by atoms with Crippen LogP contribution in [0.3, 0.4) is 0 Å². The second kappa shape index (κ2) is 4.89. The summed E-state index contributed by atoms with van der Waals surface area (Å²) in [4.78, 5) is 19.3. The van der Waals surface area contributed by atoms with Crippen LogP contribution in [0, 0.1) is 10.5 Å². The normalized spacial score (nSPS) is 11.1. The van der Waals surface area contributed by atoms with Crippen molar-refractivity contribution in [3.63, 3.8) is 0 Å². The van der Waals surface area contributed by atoms with E-state index in [9.17, 15) is 4.79 Å². The number of nitrogens with one attached hydrogen (secondary N) is 1. The van der Waals surface area contributed by atoms with E-state index in [4.69, 9.17) is 0 Å². The maximum Gasteiger partial charge on any atom is 0.264 e. The van der Waals surface area contributed by atoms with Gasteiger partial charge in [-0.05, 0) is 46.4 Å². The van der Waals surface area contributed by atoms with E-state index in [0.29, 0.717) is 9.39 Å². The minimum absolute atomic E-state index is 0.0510. The van der Waals surface area contributed by atoms with Gasteiger partial charge in [-0.25, -0.2) is 4.98 Å². The van der Waals surface area contributed by atoms with Gasteiger partial charge in [0.2, 0.25) is 0 Å². The lowest BCUT2D eigenvalue weighted by Crippen LogP contribution is -2.17. The summed E-state index contributed by atoms with van der Waals surface area (Å²) in [6, 6.07) is 0. The molecule has 0 radical (unpaired) electrons. The molecule has 0 unspecified atom stereocenters. The van der Waals surface area contributed by atoms with E-state index < -0.39 is 0 Å². The van der Waals surface area contributed by atoms with Crippen LogP contribution in [0.25, 0.3) is 11.4 Å². The first-order chi connectivity index (χ1) is 8.00. The highest BCUT2D eigenvalue weighted by Gasteiger charge is 2.14. The van der Waals surface area contributed by atoms with Crippen LogP contribution in [-0.4, -0.2) is 9.97 Å². The van der Waals surface area contributed by atoms with Gasteiger partial charge in [-0.2, -0.15) is 11.3 Å². The van der Waals surface area contributed by atoms with Crippen molar-refractivity contribution in [1.29, 1.82) is 0 Å². The molecule has 2 aromatic rings. The number of hydrogen-bond donors (Lipinski definition) is 1. The lowest BCUT2D eigenvalue weighted by atomic mass is 10.1. The van der Waals surface area contributed by atoms with Gasteiger partial charge >= 0.3 is 0 Å². The molecule has 0 saturated heterocycles. The zero-order chi connectivity index (χ0) is 12.6. The Morgan fingerprint density at radius 3 is 2.65 bits per heavy atom. The van der Waals surface area contributed by atoms with Crippen LogP contribution in [0.15, 0.2) is 15.6 Å². The SMILES string of the molecule is Cc1cscc1-c1nc(C(C)C)c(I)c(=O)[nH]1. The van der Waals surface area contributed by atoms with E-state index in [1.807, 2.05) is 26.2 Å². The van der Waals surface area contributed by atoms with Gasteiger partial charge in [0, 0.05) is 10.9 Å². The molecular formula is C12H13IN2OS. The van der Waals surface area contributed by atoms with Gasteiger partial charge in [-0.3, -0.25) is 4.79 Å². The number of halogens is 1. The molecule has 90 valence electrons. The predicted octanol–water partition coefficient (Wildman–Crippen LogP) is 3.53. The van der Waals surface area contributed by atoms with Gasteiger partial charge in [-0.15, -0.1) is 0 Å². The summed E-state index contributed by atoms with van der Waals surface area (Å²) in [7, 11) is 0. The fourth-order valence-corrected chi connectivity index (χ4v) is 3.30. The third kappa shape index (κ3) is 2.44. The molecule has 0 aromatic carbocycles. The second-order valence-corrected chi connectivity index (χ2v) is 6.06. The number of aromatic nitrogens is 2. The minimum Gasteiger partial charge on any atom is -0.306 e. The summed E-state index contributed by atoms with van der Waals surface area (Å²) >= 11 is 3.68. The molecule has 0 bridgehead atoms. The summed E-state index contributed by atoms with van der Waals surface area (Å²) in [5, 5.41) is 4.08. The number of thiophene rings is 1. The highest BCUT2D eigenvalue weighted by atomic mass is 127. The summed E-state index contributed by atoms with van der Waals surface area (Å²) < 4.78 is 0.689. The maximum atomic E-state index is 11.9. The summed E-state index contributed by atoms with van der Waals surface area (Å²) in [5.74, 6) is 0.930. The number of hydrogen-bond acceptors (Lipinski definition) is 3. The molecule has 2 heterocycles. The van der Waals surface area contributed by atoms with Crippen LogP contribution in [0.2, 0.25) is 0 Å². The fraction of sp³-hybridized carbons (Fsp3) is 0.333. The third-order valence-corrected chi connectivity index (χ3v) is 4.45. The van der Waals surface area contributed by atoms with Gasteiger partial charge in [0.15, 0.2) is 0 Å². The molecule has 0 spiro atoms. The third-order valence-electron chi connectivity index (χ3n) is 2.55. The molecule has 0 fully saturated rings. The van der Waals surface area contributed by atoms with Crippen molar-refractivity contribution in [3.8, 4) is 11.4 Å². The van der Waals surface area contributed by atoms with Crippen molar-refractivity contribution in [2.75, 3.05) is 0 Å². The smallest absolute Gasteiger partial charge is 0.264 e. The largest absolute Gasteiger partial charge is 0.306 e. The number of nitrogens with zero attached hydrogens (tertiary/aromatic N) is 1. The Balaban J connectivity index is 2.66. The standard InChI is InChI=1S/C12H13IN2OS/c1-6(2)10-9(13)12(16)15-11(14-10)8-5-17-4-7(8)3/h4-6H,1-3H3,(H,14,15,16). The number of aryl methyl sites for hydroxylation is 1. The highest BCUT2D eigenvalue weighted by molar-refractivity contribution is 14.1. The fourth-order valence-electron chi connectivity index (χ4n) is 1.59. The Labute approximate surface area is 117 Å². The van der Waals surface area contributed by atoms with Crippen LogP contribution in [-0.2, 0) is 0 Å². The van der Waals surface area contributed by atoms with Crippen molar-refractivity contribution in [2.24, 2.45) is 0 Å². The van der Waals surface area contributed by atoms with Gasteiger partial charge in [-0.1, -0.05) is 13.8 Å². The van der Waals surface area contributed by atoms with Crippen molar-refractivity contribution < 1.29 is 0 Å². The van der Waals surface area contributed by atoms with Crippen LogP contribution in [0.4, 0.5) is 0 Å². The molecule has 17 heavy (non-hydrogen) atoms. The van der Waals surface area contributed by atoms with Crippen LogP contribution >= 0.6 is 33.9 Å². The minimum atomic E-state index is -0.0510. The summed E-state index contributed by atoms with van der Waals surface area (Å²) in [6.07, 6.45) is 0. The predicted molar refractivity (Wildman–Crippen MR) is 79.7 cm³/mol. The van der Waals surface area contributed by atoms with Crippen molar-refractivity contribution >= 4 is 33.9 Å². The van der Waals surface area contributed by atoms with E-state index in [-0.39, 0.29) is 11.5 Å². The van der Waals surface area contributed by atoms with Crippen molar-refractivity contribution in [2.45, 2.75) is 26.7 Å². The molecule has 3 nitrogen and oxygen atoms in total. The monoisotopic (exact) mass is 360 g/mol. The first kappa shape index (κ1) is 12.8. The molecule has 0 aliphatic carbocycles. The summed E-state index contributed by atoms with van der Waals surface area (Å²) in [6.45, 7) is 6.13. The molecule has 1 N–H and O–H groups in total. The molecule has 0 aliphatic heterocycles. The van der Waals surface area contributed by atoms with Gasteiger partial charge in [0.1, 0.15) is 5.82 Å². The van der Waals surface area contributed by atoms with Gasteiger partial charge in [0.05, 0.1) is 9.26 Å². The molecule has 0 saturated carbocycles. The Morgan fingerprint density at radius 2 is 2.12 bits per heavy atom. The van der Waals surface area contributed by atoms with Crippen LogP contribution in [0.5, 0.6) is 0 Å². The number of rotatable bonds is 2. The Kier molecular flexibility index (Phi) is 3.67. The van der Waals surface area contributed by atoms with E-state index in [1.54, 1.807) is 11.3 Å². The number of aromatic amines is 1. The topological polar surface area (TPSA) is 45.8 Å². The number of H-pyrrole nitrogens is 1. The first-order valence-corrected chi connectivity index (χ1v) is 7.35. The van der Waals surface area contributed by atoms with E-state index in [1.165, 1.54) is 0 Å². The van der Waals surface area contributed by atoms with Gasteiger partial charge in [0.25, 0.3) is 5.56 Å². The lowest BCUT2D eigenvalue weighted by molar-refractivity contribution is 0.802. The van der Waals surface area contributed by atoms with E-state index in [0.717, 1.165) is 16.8 Å². The zero-order valence-electron chi connectivity index (χ0n) is 9.87. The molecule has 5 heteroatoms. The first-order valence-electron chi connectivity index (χ1n) is 5.33. The highest BCUT2D eigenvalue weighted by Crippen LogP contribution is 2.25. The molecule has 0 amide bonds. The van der Waals surface area contributed by atoms with Crippen LogP contribution < -0.4 is 5.56 Å². The van der Waals surface area contributed by atoms with Gasteiger partial charge < -0.3 is 4.98 Å². The molecular weight excluding hydrogens is 347 g/mol. The van der Waals surface area contributed by atoms with E-state index >= 15 is 0 Å². The Hall–Kier alpha value is -0.690. The Morgan fingerprint density at radius 1 is 1.41 bits per heavy atom. The second-order valence-electron chi connectivity index (χ2n) is 4.24. The molecule has 2 rings (SSSR count). The average Bonchev–Trinajstić information content (AvgIpc) is 2.68. The molecule has 0 atom stereocenters. The average molecular weight is 360 g/mol. The maximum absolute atomic E-state index is 11.9. The molecule has 0 aliphatic rings. The zero-order valence-corrected chi connectivity index (χ0v) is 12.8.